The first-order valence-corrected chi connectivity index (χ1v) is 11.0. The lowest BCUT2D eigenvalue weighted by Crippen LogP contribution is -2.23. The number of hydrogen-bond acceptors (Lipinski definition) is 6. The summed E-state index contributed by atoms with van der Waals surface area (Å²) in [5.74, 6) is 2.10. The van der Waals surface area contributed by atoms with Crippen molar-refractivity contribution in [1.29, 1.82) is 0 Å². The van der Waals surface area contributed by atoms with E-state index in [2.05, 4.69) is 17.6 Å². The first-order valence-electron chi connectivity index (χ1n) is 11.0. The summed E-state index contributed by atoms with van der Waals surface area (Å²) in [6, 6.07) is 9.08. The number of fused-ring (bicyclic) bond motifs is 1. The van der Waals surface area contributed by atoms with Gasteiger partial charge in [0, 0.05) is 17.7 Å². The highest BCUT2D eigenvalue weighted by Crippen LogP contribution is 2.39. The number of rotatable bonds is 12. The highest BCUT2D eigenvalue weighted by atomic mass is 16.7. The largest absolute Gasteiger partial charge is 0.493 e. The molecule has 2 aromatic rings. The van der Waals surface area contributed by atoms with Crippen molar-refractivity contribution in [2.24, 2.45) is 0 Å². The van der Waals surface area contributed by atoms with Gasteiger partial charge < -0.3 is 29.6 Å². The SMILES string of the molecule is CCCCCOc1c(OC)ccc(/C=C(\C)C(=O)NCc2ccc3c(c2)OCO3)c1NC=O. The van der Waals surface area contributed by atoms with Crippen LogP contribution in [0.3, 0.4) is 0 Å². The first-order chi connectivity index (χ1) is 16.1. The molecule has 0 spiro atoms. The Kier molecular flexibility index (Phi) is 8.57. The molecule has 0 saturated heterocycles. The molecule has 2 N–H and O–H groups in total. The Morgan fingerprint density at radius 2 is 1.97 bits per heavy atom. The lowest BCUT2D eigenvalue weighted by atomic mass is 10.1. The lowest BCUT2D eigenvalue weighted by molar-refractivity contribution is -0.117. The molecule has 0 aromatic heterocycles. The molecule has 2 aromatic carbocycles. The van der Waals surface area contributed by atoms with Crippen molar-refractivity contribution in [3.63, 3.8) is 0 Å². The Hall–Kier alpha value is -3.68. The molecule has 1 aliphatic heterocycles. The number of amides is 2. The number of ether oxygens (including phenoxy) is 4. The van der Waals surface area contributed by atoms with Gasteiger partial charge in [0.25, 0.3) is 0 Å². The fraction of sp³-hybridized carbons (Fsp3) is 0.360. The van der Waals surface area contributed by atoms with Crippen LogP contribution >= 0.6 is 0 Å². The summed E-state index contributed by atoms with van der Waals surface area (Å²) in [6.45, 7) is 4.88. The van der Waals surface area contributed by atoms with Crippen molar-refractivity contribution in [1.82, 2.24) is 5.32 Å². The second kappa shape index (κ2) is 11.8. The van der Waals surface area contributed by atoms with Gasteiger partial charge >= 0.3 is 0 Å². The number of unbranched alkanes of at least 4 members (excludes halogenated alkanes) is 2. The average molecular weight is 455 g/mol. The number of anilines is 1. The van der Waals surface area contributed by atoms with Gasteiger partial charge in [-0.1, -0.05) is 25.8 Å². The molecule has 1 heterocycles. The molecular formula is C25H30N2O6. The summed E-state index contributed by atoms with van der Waals surface area (Å²) < 4.78 is 22.0. The van der Waals surface area contributed by atoms with E-state index in [1.54, 1.807) is 32.2 Å². The quantitative estimate of drug-likeness (QED) is 0.282. The van der Waals surface area contributed by atoms with Crippen LogP contribution in [0, 0.1) is 0 Å². The van der Waals surface area contributed by atoms with Crippen LogP contribution in [0.25, 0.3) is 6.08 Å². The van der Waals surface area contributed by atoms with Crippen molar-refractivity contribution in [3.05, 3.63) is 47.0 Å². The maximum absolute atomic E-state index is 12.7. The van der Waals surface area contributed by atoms with E-state index in [9.17, 15) is 9.59 Å². The minimum absolute atomic E-state index is 0.205. The van der Waals surface area contributed by atoms with E-state index in [4.69, 9.17) is 18.9 Å². The van der Waals surface area contributed by atoms with E-state index in [0.717, 1.165) is 24.8 Å². The van der Waals surface area contributed by atoms with E-state index in [0.29, 0.717) is 59.4 Å². The monoisotopic (exact) mass is 454 g/mol. The smallest absolute Gasteiger partial charge is 0.247 e. The Bertz CT molecular complexity index is 1020. The molecule has 33 heavy (non-hydrogen) atoms. The van der Waals surface area contributed by atoms with Gasteiger partial charge in [0.15, 0.2) is 23.0 Å². The molecule has 2 amide bonds. The molecule has 0 radical (unpaired) electrons. The molecule has 0 saturated carbocycles. The van der Waals surface area contributed by atoms with Crippen LogP contribution in [0.5, 0.6) is 23.0 Å². The highest BCUT2D eigenvalue weighted by molar-refractivity contribution is 5.99. The van der Waals surface area contributed by atoms with Crippen molar-refractivity contribution in [2.45, 2.75) is 39.7 Å². The van der Waals surface area contributed by atoms with Crippen molar-refractivity contribution in [2.75, 3.05) is 25.8 Å². The number of benzene rings is 2. The predicted octanol–water partition coefficient (Wildman–Crippen LogP) is 4.28. The van der Waals surface area contributed by atoms with Gasteiger partial charge in [0.2, 0.25) is 19.1 Å². The zero-order chi connectivity index (χ0) is 23.6. The van der Waals surface area contributed by atoms with Gasteiger partial charge in [-0.05, 0) is 49.2 Å². The zero-order valence-corrected chi connectivity index (χ0v) is 19.2. The van der Waals surface area contributed by atoms with Crippen LogP contribution in [0.1, 0.15) is 44.2 Å². The summed E-state index contributed by atoms with van der Waals surface area (Å²) in [6.07, 6.45) is 5.30. The second-order valence-electron chi connectivity index (χ2n) is 7.58. The van der Waals surface area contributed by atoms with Gasteiger partial charge in [-0.3, -0.25) is 9.59 Å². The molecule has 0 aliphatic carbocycles. The minimum atomic E-state index is -0.231. The Labute approximate surface area is 193 Å². The van der Waals surface area contributed by atoms with Crippen LogP contribution in [-0.4, -0.2) is 32.8 Å². The lowest BCUT2D eigenvalue weighted by Gasteiger charge is -2.17. The van der Waals surface area contributed by atoms with E-state index >= 15 is 0 Å². The Morgan fingerprint density at radius 1 is 1.15 bits per heavy atom. The molecule has 3 rings (SSSR count). The van der Waals surface area contributed by atoms with E-state index < -0.39 is 0 Å². The molecule has 0 atom stereocenters. The maximum Gasteiger partial charge on any atom is 0.247 e. The Balaban J connectivity index is 1.75. The number of carbonyl (C=O) groups excluding carboxylic acids is 2. The summed E-state index contributed by atoms with van der Waals surface area (Å²) in [5, 5.41) is 5.60. The zero-order valence-electron chi connectivity index (χ0n) is 19.2. The normalized spacial score (nSPS) is 12.3. The number of nitrogens with one attached hydrogen (secondary N) is 2. The third kappa shape index (κ3) is 6.19. The average Bonchev–Trinajstić information content (AvgIpc) is 3.29. The highest BCUT2D eigenvalue weighted by Gasteiger charge is 2.17. The maximum atomic E-state index is 12.7. The van der Waals surface area contributed by atoms with Gasteiger partial charge in [-0.15, -0.1) is 0 Å². The molecule has 0 unspecified atom stereocenters. The van der Waals surface area contributed by atoms with Crippen LogP contribution < -0.4 is 29.6 Å². The molecule has 176 valence electrons. The topological polar surface area (TPSA) is 95.1 Å². The van der Waals surface area contributed by atoms with Crippen LogP contribution in [0.2, 0.25) is 0 Å². The fourth-order valence-corrected chi connectivity index (χ4v) is 3.41. The third-order valence-corrected chi connectivity index (χ3v) is 5.19. The van der Waals surface area contributed by atoms with Crippen LogP contribution in [-0.2, 0) is 16.1 Å². The number of hydrogen-bond donors (Lipinski definition) is 2. The molecular weight excluding hydrogens is 424 g/mol. The van der Waals surface area contributed by atoms with E-state index in [1.807, 2.05) is 18.2 Å². The first kappa shape index (κ1) is 24.0. The van der Waals surface area contributed by atoms with Crippen molar-refractivity contribution < 1.29 is 28.5 Å². The Morgan fingerprint density at radius 3 is 2.73 bits per heavy atom. The number of carbonyl (C=O) groups is 2. The number of methoxy groups -OCH3 is 1. The molecule has 8 nitrogen and oxygen atoms in total. The van der Waals surface area contributed by atoms with Gasteiger partial charge in [0.05, 0.1) is 19.4 Å². The standard InChI is InChI=1S/C25H30N2O6/c1-4-5-6-11-31-24-21(30-3)10-8-19(23(24)27-15-28)12-17(2)25(29)26-14-18-7-9-20-22(13-18)33-16-32-20/h7-10,12-13,15H,4-6,11,14,16H2,1-3H3,(H,26,29)(H,27,28)/b17-12+. The molecule has 0 bridgehead atoms. The van der Waals surface area contributed by atoms with Crippen molar-refractivity contribution >= 4 is 24.1 Å². The summed E-state index contributed by atoms with van der Waals surface area (Å²) >= 11 is 0. The van der Waals surface area contributed by atoms with Crippen molar-refractivity contribution in [3.8, 4) is 23.0 Å². The summed E-state index contributed by atoms with van der Waals surface area (Å²) in [4.78, 5) is 24.0. The third-order valence-electron chi connectivity index (χ3n) is 5.19. The van der Waals surface area contributed by atoms with Gasteiger partial charge in [-0.2, -0.15) is 0 Å². The van der Waals surface area contributed by atoms with E-state index in [1.165, 1.54) is 0 Å². The summed E-state index contributed by atoms with van der Waals surface area (Å²) in [7, 11) is 1.54. The van der Waals surface area contributed by atoms with Gasteiger partial charge in [-0.25, -0.2) is 0 Å². The molecule has 8 heteroatoms. The van der Waals surface area contributed by atoms with E-state index in [-0.39, 0.29) is 12.7 Å². The van der Waals surface area contributed by atoms with Crippen LogP contribution in [0.15, 0.2) is 35.9 Å². The predicted molar refractivity (Wildman–Crippen MR) is 126 cm³/mol. The summed E-state index contributed by atoms with van der Waals surface area (Å²) in [5.41, 5.74) is 2.48. The fourth-order valence-electron chi connectivity index (χ4n) is 3.41. The molecule has 1 aliphatic rings. The minimum Gasteiger partial charge on any atom is -0.493 e. The molecule has 0 fully saturated rings. The second-order valence-corrected chi connectivity index (χ2v) is 7.58. The van der Waals surface area contributed by atoms with Gasteiger partial charge in [0.1, 0.15) is 0 Å². The van der Waals surface area contributed by atoms with Crippen LogP contribution in [0.4, 0.5) is 5.69 Å².